The van der Waals surface area contributed by atoms with Crippen LogP contribution >= 0.6 is 0 Å². The summed E-state index contributed by atoms with van der Waals surface area (Å²) in [6.45, 7) is 0.579. The van der Waals surface area contributed by atoms with Gasteiger partial charge in [-0.1, -0.05) is 23.2 Å². The van der Waals surface area contributed by atoms with E-state index in [0.717, 1.165) is 5.01 Å². The smallest absolute Gasteiger partial charge is 0.528 e. The van der Waals surface area contributed by atoms with Gasteiger partial charge in [-0.3, -0.25) is 0 Å². The molecule has 1 amide bonds. The minimum atomic E-state index is -0.591. The third-order valence-electron chi connectivity index (χ3n) is 1.91. The predicted octanol–water partition coefficient (Wildman–Crippen LogP) is 1.65. The number of ether oxygens (including phenoxy) is 1. The summed E-state index contributed by atoms with van der Waals surface area (Å²) in [6, 6.07) is 8.45. The van der Waals surface area contributed by atoms with Crippen molar-refractivity contribution in [2.24, 2.45) is 5.22 Å². The number of hydrogen-bond acceptors (Lipinski definition) is 4. The number of nitrogens with zero attached hydrogens (tertiary/aromatic N) is 3. The Morgan fingerprint density at radius 1 is 1.40 bits per heavy atom. The molecule has 0 radical (unpaired) electrons. The van der Waals surface area contributed by atoms with E-state index in [2.05, 4.69) is 9.96 Å². The van der Waals surface area contributed by atoms with Crippen LogP contribution in [-0.4, -0.2) is 29.1 Å². The van der Waals surface area contributed by atoms with Gasteiger partial charge in [-0.2, -0.15) is 4.79 Å². The number of para-hydroxylation sites is 1. The zero-order valence-corrected chi connectivity index (χ0v) is 7.87. The van der Waals surface area contributed by atoms with Gasteiger partial charge in [-0.05, 0) is 12.1 Å². The Hall–Kier alpha value is -2.11. The van der Waals surface area contributed by atoms with Crippen LogP contribution in [0.2, 0.25) is 0 Å². The summed E-state index contributed by atoms with van der Waals surface area (Å²) in [7, 11) is 0. The molecule has 0 spiro atoms. The molecule has 1 aromatic rings. The maximum Gasteiger partial charge on any atom is 0.528 e. The van der Waals surface area contributed by atoms with Gasteiger partial charge in [0.05, 0.1) is 0 Å². The van der Waals surface area contributed by atoms with Crippen LogP contribution < -0.4 is 0 Å². The first-order valence-corrected chi connectivity index (χ1v) is 4.45. The Labute approximate surface area is 85.9 Å². The predicted molar refractivity (Wildman–Crippen MR) is 50.2 cm³/mol. The lowest BCUT2D eigenvalue weighted by atomic mass is 10.3. The van der Waals surface area contributed by atoms with Crippen molar-refractivity contribution in [1.29, 1.82) is 0 Å². The average molecular weight is 207 g/mol. The molecule has 0 saturated carbocycles. The maximum absolute atomic E-state index is 11.4. The highest BCUT2D eigenvalue weighted by Gasteiger charge is 2.30. The molecule has 0 unspecified atom stereocenters. The monoisotopic (exact) mass is 207 g/mol. The normalized spacial score (nSPS) is 16.7. The molecule has 0 aromatic heterocycles. The van der Waals surface area contributed by atoms with E-state index in [4.69, 9.17) is 0 Å². The molecule has 0 bridgehead atoms. The number of hydrogen-bond donors (Lipinski definition) is 0. The fourth-order valence-corrected chi connectivity index (χ4v) is 1.17. The first kappa shape index (κ1) is 9.45. The fraction of sp³-hybridized carbons (Fsp3) is 0.222. The minimum absolute atomic E-state index is 0.269. The Morgan fingerprint density at radius 2 is 2.13 bits per heavy atom. The van der Waals surface area contributed by atoms with Crippen LogP contribution in [0.4, 0.5) is 10.5 Å². The van der Waals surface area contributed by atoms with E-state index in [1.54, 1.807) is 30.3 Å². The summed E-state index contributed by atoms with van der Waals surface area (Å²) in [5.41, 5.74) is 0.372. The van der Waals surface area contributed by atoms with Crippen molar-refractivity contribution in [3.8, 4) is 0 Å². The summed E-state index contributed by atoms with van der Waals surface area (Å²) in [6.07, 6.45) is -0.591. The Kier molecular flexibility index (Phi) is 2.49. The van der Waals surface area contributed by atoms with Crippen molar-refractivity contribution in [3.05, 3.63) is 35.5 Å². The van der Waals surface area contributed by atoms with Crippen molar-refractivity contribution in [2.45, 2.75) is 0 Å². The van der Waals surface area contributed by atoms with Crippen molar-refractivity contribution >= 4 is 11.8 Å². The molecule has 15 heavy (non-hydrogen) atoms. The Morgan fingerprint density at radius 3 is 2.73 bits per heavy atom. The third kappa shape index (κ3) is 2.04. The molecule has 0 aliphatic carbocycles. The largest absolute Gasteiger partial charge is 0.691 e. The van der Waals surface area contributed by atoms with Gasteiger partial charge in [0, 0.05) is 0 Å². The Bertz CT molecular complexity index is 391. The van der Waals surface area contributed by atoms with Gasteiger partial charge in [0.2, 0.25) is 0 Å². The Balaban J connectivity index is 2.17. The van der Waals surface area contributed by atoms with E-state index in [1.807, 2.05) is 0 Å². The SMILES string of the molecule is O=C1OCCN1/N=[N+](\[O-])c1ccccc1. The number of carbonyl (C=O) groups is 1. The number of carbonyl (C=O) groups excluding carboxylic acids is 1. The van der Waals surface area contributed by atoms with Crippen molar-refractivity contribution < 1.29 is 14.4 Å². The van der Waals surface area contributed by atoms with Gasteiger partial charge in [0.15, 0.2) is 12.2 Å². The van der Waals surface area contributed by atoms with Crippen molar-refractivity contribution in [1.82, 2.24) is 5.01 Å². The summed E-state index contributed by atoms with van der Waals surface area (Å²) in [4.78, 5) is 11.4. The topological polar surface area (TPSA) is 68.0 Å². The van der Waals surface area contributed by atoms with Crippen LogP contribution in [0.5, 0.6) is 0 Å². The van der Waals surface area contributed by atoms with Crippen LogP contribution in [0, 0.1) is 5.21 Å². The van der Waals surface area contributed by atoms with Gasteiger partial charge in [-0.25, -0.2) is 0 Å². The quantitative estimate of drug-likeness (QED) is 0.420. The van der Waals surface area contributed by atoms with Crippen LogP contribution in [0.25, 0.3) is 0 Å². The molecule has 1 saturated heterocycles. The maximum atomic E-state index is 11.4. The molecular formula is C9H9N3O3. The lowest BCUT2D eigenvalue weighted by Crippen LogP contribution is -2.19. The minimum Gasteiger partial charge on any atom is -0.691 e. The molecule has 1 aromatic carbocycles. The van der Waals surface area contributed by atoms with Crippen LogP contribution in [-0.2, 0) is 4.74 Å². The highest BCUT2D eigenvalue weighted by molar-refractivity contribution is 5.68. The number of amides is 1. The molecule has 0 N–H and O–H groups in total. The lowest BCUT2D eigenvalue weighted by Gasteiger charge is -2.06. The van der Waals surface area contributed by atoms with Crippen LogP contribution in [0.3, 0.4) is 0 Å². The van der Waals surface area contributed by atoms with Crippen molar-refractivity contribution in [3.63, 3.8) is 0 Å². The number of benzene rings is 1. The molecular weight excluding hydrogens is 198 g/mol. The second-order valence-corrected chi connectivity index (χ2v) is 2.94. The standard InChI is InChI=1S/C9H9N3O3/c13-9-11(6-7-15-9)10-12(14)8-4-2-1-3-5-8/h1-5H,6-7H2/b12-10-. The van der Waals surface area contributed by atoms with Gasteiger partial charge in [0.1, 0.15) is 11.8 Å². The molecule has 6 heteroatoms. The van der Waals surface area contributed by atoms with E-state index >= 15 is 0 Å². The van der Waals surface area contributed by atoms with Gasteiger partial charge < -0.3 is 9.94 Å². The first-order chi connectivity index (χ1) is 7.27. The molecule has 1 aliphatic rings. The summed E-state index contributed by atoms with van der Waals surface area (Å²) >= 11 is 0. The van der Waals surface area contributed by atoms with Gasteiger partial charge in [0.25, 0.3) is 0 Å². The zero-order chi connectivity index (χ0) is 10.7. The van der Waals surface area contributed by atoms with Crippen molar-refractivity contribution in [2.75, 3.05) is 13.2 Å². The molecule has 0 atom stereocenters. The molecule has 1 fully saturated rings. The molecule has 2 rings (SSSR count). The summed E-state index contributed by atoms with van der Waals surface area (Å²) in [5, 5.41) is 16.0. The van der Waals surface area contributed by atoms with E-state index in [-0.39, 0.29) is 6.61 Å². The molecule has 78 valence electrons. The highest BCUT2D eigenvalue weighted by Crippen LogP contribution is 2.12. The zero-order valence-electron chi connectivity index (χ0n) is 7.87. The lowest BCUT2D eigenvalue weighted by molar-refractivity contribution is -0.457. The summed E-state index contributed by atoms with van der Waals surface area (Å²) in [5.74, 6) is 0. The van der Waals surface area contributed by atoms with Gasteiger partial charge in [-0.15, -0.1) is 4.86 Å². The highest BCUT2D eigenvalue weighted by atomic mass is 16.6. The second-order valence-electron chi connectivity index (χ2n) is 2.94. The van der Waals surface area contributed by atoms with Crippen LogP contribution in [0.15, 0.2) is 35.6 Å². The molecule has 6 nitrogen and oxygen atoms in total. The van der Waals surface area contributed by atoms with E-state index in [9.17, 15) is 10.0 Å². The number of cyclic esters (lactones) is 1. The van der Waals surface area contributed by atoms with Crippen LogP contribution in [0.1, 0.15) is 0 Å². The second kappa shape index (κ2) is 3.95. The first-order valence-electron chi connectivity index (χ1n) is 4.45. The third-order valence-corrected chi connectivity index (χ3v) is 1.91. The van der Waals surface area contributed by atoms with E-state index in [1.165, 1.54) is 0 Å². The average Bonchev–Trinajstić information content (AvgIpc) is 2.66. The molecule has 1 aliphatic heterocycles. The van der Waals surface area contributed by atoms with E-state index < -0.39 is 6.09 Å². The molecule has 1 heterocycles. The number of rotatable bonds is 2. The van der Waals surface area contributed by atoms with Gasteiger partial charge >= 0.3 is 6.09 Å². The van der Waals surface area contributed by atoms with E-state index in [0.29, 0.717) is 17.1 Å². The fourth-order valence-electron chi connectivity index (χ4n) is 1.17. The summed E-state index contributed by atoms with van der Waals surface area (Å²) < 4.78 is 4.63.